The summed E-state index contributed by atoms with van der Waals surface area (Å²) >= 11 is 1.30. The van der Waals surface area contributed by atoms with Crippen molar-refractivity contribution in [1.82, 2.24) is 15.2 Å². The van der Waals surface area contributed by atoms with E-state index in [0.717, 1.165) is 41.8 Å². The van der Waals surface area contributed by atoms with Crippen LogP contribution in [0.3, 0.4) is 0 Å². The highest BCUT2D eigenvalue weighted by Crippen LogP contribution is 2.51. The quantitative estimate of drug-likeness (QED) is 0.459. The van der Waals surface area contributed by atoms with Crippen LogP contribution in [0.5, 0.6) is 11.6 Å². The van der Waals surface area contributed by atoms with Crippen LogP contribution in [0.1, 0.15) is 62.8 Å². The van der Waals surface area contributed by atoms with Crippen LogP contribution >= 0.6 is 11.3 Å². The lowest BCUT2D eigenvalue weighted by Crippen LogP contribution is -2.38. The highest BCUT2D eigenvalue weighted by molar-refractivity contribution is 7.13. The first-order valence-electron chi connectivity index (χ1n) is 10.5. The van der Waals surface area contributed by atoms with Crippen LogP contribution in [0.25, 0.3) is 6.08 Å². The Kier molecular flexibility index (Phi) is 6.13. The van der Waals surface area contributed by atoms with Gasteiger partial charge in [-0.1, -0.05) is 75.3 Å². The number of rotatable bonds is 7. The molecule has 0 saturated heterocycles. The number of pyridine rings is 1. The highest BCUT2D eigenvalue weighted by Gasteiger charge is 2.44. The summed E-state index contributed by atoms with van der Waals surface area (Å²) in [5, 5.41) is 11.1. The second kappa shape index (κ2) is 8.98. The van der Waals surface area contributed by atoms with E-state index in [1.54, 1.807) is 5.51 Å². The first-order valence-corrected chi connectivity index (χ1v) is 11.4. The number of nitrogens with one attached hydrogen (secondary N) is 1. The zero-order valence-corrected chi connectivity index (χ0v) is 18.8. The topological polar surface area (TPSA) is 77.0 Å². The number of fused-ring (bicyclic) bond motifs is 2. The van der Waals surface area contributed by atoms with Crippen molar-refractivity contribution in [1.29, 1.82) is 0 Å². The number of anilines is 1. The molecule has 31 heavy (non-hydrogen) atoms. The molecule has 0 fully saturated rings. The average molecular weight is 435 g/mol. The van der Waals surface area contributed by atoms with Crippen molar-refractivity contribution in [2.45, 2.75) is 46.0 Å². The van der Waals surface area contributed by atoms with Crippen molar-refractivity contribution >= 4 is 28.5 Å². The summed E-state index contributed by atoms with van der Waals surface area (Å²) in [6, 6.07) is 11.9. The maximum atomic E-state index is 13.3. The van der Waals surface area contributed by atoms with Crippen molar-refractivity contribution < 1.29 is 9.53 Å². The van der Waals surface area contributed by atoms with Gasteiger partial charge in [-0.05, 0) is 24.6 Å². The summed E-state index contributed by atoms with van der Waals surface area (Å²) in [5.41, 5.74) is 3.55. The van der Waals surface area contributed by atoms with E-state index < -0.39 is 5.41 Å². The number of nitrogens with zero attached hydrogens (tertiary/aromatic N) is 3. The summed E-state index contributed by atoms with van der Waals surface area (Å²) in [7, 11) is 0. The third kappa shape index (κ3) is 4.37. The Morgan fingerprint density at radius 2 is 2.06 bits per heavy atom. The number of hydrogen-bond donors (Lipinski definition) is 1. The van der Waals surface area contributed by atoms with E-state index in [1.807, 2.05) is 56.3 Å². The Labute approximate surface area is 186 Å². The van der Waals surface area contributed by atoms with Crippen molar-refractivity contribution in [3.05, 3.63) is 64.8 Å². The zero-order chi connectivity index (χ0) is 21.8. The van der Waals surface area contributed by atoms with Gasteiger partial charge in [-0.3, -0.25) is 4.79 Å². The Bertz CT molecular complexity index is 1090. The Hall–Kier alpha value is -3.06. The Morgan fingerprint density at radius 3 is 2.84 bits per heavy atom. The van der Waals surface area contributed by atoms with E-state index in [0.29, 0.717) is 11.0 Å². The fourth-order valence-corrected chi connectivity index (χ4v) is 4.30. The molecule has 1 aliphatic rings. The van der Waals surface area contributed by atoms with Gasteiger partial charge in [0.05, 0.1) is 11.1 Å². The maximum absolute atomic E-state index is 13.3. The molecule has 0 saturated carbocycles. The van der Waals surface area contributed by atoms with Gasteiger partial charge in [-0.2, -0.15) is 0 Å². The second-order valence-corrected chi connectivity index (χ2v) is 9.00. The average Bonchev–Trinajstić information content (AvgIpc) is 3.27. The van der Waals surface area contributed by atoms with E-state index in [4.69, 9.17) is 9.72 Å². The minimum absolute atomic E-state index is 0.125. The van der Waals surface area contributed by atoms with Gasteiger partial charge in [0.25, 0.3) is 0 Å². The number of carbonyl (C=O) groups is 1. The fourth-order valence-electron chi connectivity index (χ4n) is 3.86. The molecule has 1 aromatic carbocycles. The molecular formula is C24H26N4O2S. The molecule has 0 radical (unpaired) electrons. The molecule has 4 rings (SSSR count). The van der Waals surface area contributed by atoms with Crippen LogP contribution in [0.2, 0.25) is 0 Å². The molecule has 1 amide bonds. The van der Waals surface area contributed by atoms with Crippen LogP contribution in [0, 0.1) is 5.41 Å². The van der Waals surface area contributed by atoms with Crippen LogP contribution in [-0.2, 0) is 4.79 Å². The number of ether oxygens (including phenoxy) is 1. The first-order chi connectivity index (χ1) is 15.0. The van der Waals surface area contributed by atoms with Gasteiger partial charge in [-0.25, -0.2) is 4.98 Å². The first kappa shape index (κ1) is 21.2. The molecule has 160 valence electrons. The van der Waals surface area contributed by atoms with Gasteiger partial charge >= 0.3 is 0 Å². The predicted molar refractivity (Wildman–Crippen MR) is 123 cm³/mol. The van der Waals surface area contributed by atoms with Crippen LogP contribution < -0.4 is 10.1 Å². The predicted octanol–water partition coefficient (Wildman–Crippen LogP) is 6.04. The van der Waals surface area contributed by atoms with E-state index in [9.17, 15) is 4.79 Å². The van der Waals surface area contributed by atoms with Gasteiger partial charge in [0.15, 0.2) is 0 Å². The van der Waals surface area contributed by atoms with Crippen LogP contribution in [0.15, 0.2) is 48.0 Å². The number of carbonyl (C=O) groups excluding carboxylic acids is 1. The number of allylic oxidation sites excluding steroid dienone is 1. The van der Waals surface area contributed by atoms with Gasteiger partial charge in [0, 0.05) is 17.0 Å². The Balaban J connectivity index is 1.70. The molecule has 2 aromatic heterocycles. The summed E-state index contributed by atoms with van der Waals surface area (Å²) in [4.78, 5) is 18.0. The smallest absolute Gasteiger partial charge is 0.232 e. The molecule has 7 heteroatoms. The van der Waals surface area contributed by atoms with Crippen molar-refractivity contribution in [3.8, 4) is 11.6 Å². The normalized spacial score (nSPS) is 15.3. The minimum Gasteiger partial charge on any atom is -0.438 e. The molecule has 0 spiro atoms. The van der Waals surface area contributed by atoms with Gasteiger partial charge in [0.1, 0.15) is 11.3 Å². The zero-order valence-electron chi connectivity index (χ0n) is 18.0. The maximum Gasteiger partial charge on any atom is 0.232 e. The van der Waals surface area contributed by atoms with E-state index >= 15 is 0 Å². The molecule has 0 unspecified atom stereocenters. The molecule has 0 aliphatic carbocycles. The monoisotopic (exact) mass is 434 g/mol. The largest absolute Gasteiger partial charge is 0.438 e. The number of aromatic nitrogens is 3. The molecule has 6 nitrogen and oxygen atoms in total. The molecular weight excluding hydrogens is 408 g/mol. The lowest BCUT2D eigenvalue weighted by atomic mass is 9.69. The number of unbranched alkanes of at least 4 members (excludes halogenated alkanes) is 2. The van der Waals surface area contributed by atoms with E-state index in [1.165, 1.54) is 11.3 Å². The van der Waals surface area contributed by atoms with Gasteiger partial charge in [0.2, 0.25) is 16.9 Å². The molecule has 1 N–H and O–H groups in total. The van der Waals surface area contributed by atoms with Gasteiger partial charge in [-0.15, -0.1) is 10.2 Å². The summed E-state index contributed by atoms with van der Waals surface area (Å²) in [6.45, 7) is 6.07. The SMILES string of the molecule is CCCC/C=C/c1ccc2c(n1)Oc1ccccc1[C@@H]2C(C)(C)C(=O)Nc1nncs1. The van der Waals surface area contributed by atoms with Crippen LogP contribution in [0.4, 0.5) is 5.13 Å². The lowest BCUT2D eigenvalue weighted by Gasteiger charge is -2.37. The molecule has 1 atom stereocenters. The molecule has 0 bridgehead atoms. The minimum atomic E-state index is -0.777. The third-order valence-corrected chi connectivity index (χ3v) is 6.17. The van der Waals surface area contributed by atoms with Gasteiger partial charge < -0.3 is 10.1 Å². The fraction of sp³-hybridized carbons (Fsp3) is 0.333. The molecule has 1 aliphatic heterocycles. The van der Waals surface area contributed by atoms with Crippen molar-refractivity contribution in [2.75, 3.05) is 5.32 Å². The molecule has 3 aromatic rings. The molecule has 3 heterocycles. The Morgan fingerprint density at radius 1 is 1.23 bits per heavy atom. The number of hydrogen-bond acceptors (Lipinski definition) is 6. The lowest BCUT2D eigenvalue weighted by molar-refractivity contribution is -0.124. The number of para-hydroxylation sites is 1. The van der Waals surface area contributed by atoms with E-state index in [2.05, 4.69) is 28.5 Å². The summed E-state index contributed by atoms with van der Waals surface area (Å²) in [6.07, 6.45) is 7.53. The van der Waals surface area contributed by atoms with Crippen molar-refractivity contribution in [2.24, 2.45) is 5.41 Å². The number of benzene rings is 1. The second-order valence-electron chi connectivity index (χ2n) is 8.17. The van der Waals surface area contributed by atoms with Crippen LogP contribution in [-0.4, -0.2) is 21.1 Å². The standard InChI is InChI=1S/C24H26N4O2S/c1-4-5-6-7-10-16-13-14-18-20(17-11-8-9-12-19(17)30-21(18)26-16)24(2,3)22(29)27-23-28-25-15-31-23/h7-15,20H,4-6H2,1-3H3,(H,27,28,29)/b10-7+/t20-/m0/s1. The van der Waals surface area contributed by atoms with Crippen molar-refractivity contribution in [3.63, 3.8) is 0 Å². The third-order valence-electron chi connectivity index (χ3n) is 5.56. The summed E-state index contributed by atoms with van der Waals surface area (Å²) < 4.78 is 6.16. The highest BCUT2D eigenvalue weighted by atomic mass is 32.1. The number of amides is 1. The summed E-state index contributed by atoms with van der Waals surface area (Å²) in [5.74, 6) is 0.945. The van der Waals surface area contributed by atoms with E-state index in [-0.39, 0.29) is 11.8 Å².